The average molecular weight is 240 g/mol. The van der Waals surface area contributed by atoms with Gasteiger partial charge in [-0.25, -0.2) is 0 Å². The third-order valence-electron chi connectivity index (χ3n) is 4.63. The summed E-state index contributed by atoms with van der Waals surface area (Å²) >= 11 is 0. The molecule has 2 nitrogen and oxygen atoms in total. The van der Waals surface area contributed by atoms with Crippen LogP contribution in [0.25, 0.3) is 0 Å². The molecule has 0 saturated heterocycles. The Balaban J connectivity index is 2.50. The second-order valence-electron chi connectivity index (χ2n) is 6.58. The molecule has 3 N–H and O–H groups in total. The lowest BCUT2D eigenvalue weighted by Crippen LogP contribution is -2.54. The fourth-order valence-corrected chi connectivity index (χ4v) is 3.26. The van der Waals surface area contributed by atoms with E-state index in [-0.39, 0.29) is 5.54 Å². The second-order valence-corrected chi connectivity index (χ2v) is 6.58. The maximum atomic E-state index is 6.01. The van der Waals surface area contributed by atoms with Gasteiger partial charge in [0.25, 0.3) is 0 Å². The van der Waals surface area contributed by atoms with E-state index in [1.165, 1.54) is 32.1 Å². The SMILES string of the molecule is CC(C)C(CNC1(CN)CCCCC1)C(C)C. The van der Waals surface area contributed by atoms with Crippen molar-refractivity contribution in [3.05, 3.63) is 0 Å². The molecule has 17 heavy (non-hydrogen) atoms. The zero-order chi connectivity index (χ0) is 12.9. The molecule has 0 aliphatic heterocycles. The molecule has 0 aromatic rings. The monoisotopic (exact) mass is 240 g/mol. The molecule has 0 spiro atoms. The van der Waals surface area contributed by atoms with Crippen LogP contribution < -0.4 is 11.1 Å². The Hall–Kier alpha value is -0.0800. The third-order valence-corrected chi connectivity index (χ3v) is 4.63. The minimum Gasteiger partial charge on any atom is -0.329 e. The lowest BCUT2D eigenvalue weighted by atomic mass is 9.79. The maximum Gasteiger partial charge on any atom is 0.0304 e. The van der Waals surface area contributed by atoms with E-state index in [0.717, 1.165) is 30.8 Å². The molecule has 1 aliphatic rings. The first-order valence-corrected chi connectivity index (χ1v) is 7.46. The van der Waals surface area contributed by atoms with Crippen molar-refractivity contribution in [3.63, 3.8) is 0 Å². The molecular formula is C15H32N2. The summed E-state index contributed by atoms with van der Waals surface area (Å²) in [6.45, 7) is 11.3. The molecule has 1 rings (SSSR count). The molecule has 0 amide bonds. The van der Waals surface area contributed by atoms with Crippen molar-refractivity contribution >= 4 is 0 Å². The summed E-state index contributed by atoms with van der Waals surface area (Å²) in [5.41, 5.74) is 6.26. The highest BCUT2D eigenvalue weighted by Gasteiger charge is 2.31. The molecule has 2 heteroatoms. The summed E-state index contributed by atoms with van der Waals surface area (Å²) in [6, 6.07) is 0. The smallest absolute Gasteiger partial charge is 0.0304 e. The number of rotatable bonds is 6. The van der Waals surface area contributed by atoms with Crippen molar-refractivity contribution in [3.8, 4) is 0 Å². The van der Waals surface area contributed by atoms with Crippen LogP contribution in [0.5, 0.6) is 0 Å². The van der Waals surface area contributed by atoms with Crippen LogP contribution in [0.15, 0.2) is 0 Å². The van der Waals surface area contributed by atoms with Gasteiger partial charge in [-0.2, -0.15) is 0 Å². The summed E-state index contributed by atoms with van der Waals surface area (Å²) in [7, 11) is 0. The van der Waals surface area contributed by atoms with Gasteiger partial charge in [0.2, 0.25) is 0 Å². The number of nitrogens with two attached hydrogens (primary N) is 1. The first-order valence-electron chi connectivity index (χ1n) is 7.46. The number of nitrogens with one attached hydrogen (secondary N) is 1. The lowest BCUT2D eigenvalue weighted by molar-refractivity contribution is 0.192. The summed E-state index contributed by atoms with van der Waals surface area (Å²) in [4.78, 5) is 0. The fraction of sp³-hybridized carbons (Fsp3) is 1.00. The van der Waals surface area contributed by atoms with Crippen LogP contribution >= 0.6 is 0 Å². The summed E-state index contributed by atoms with van der Waals surface area (Å²) in [5.74, 6) is 2.27. The standard InChI is InChI=1S/C15H32N2/c1-12(2)14(13(3)4)10-17-15(11-16)8-6-5-7-9-15/h12-14,17H,5-11,16H2,1-4H3. The highest BCUT2D eigenvalue weighted by atomic mass is 15.0. The van der Waals surface area contributed by atoms with Crippen LogP contribution in [0.1, 0.15) is 59.8 Å². The van der Waals surface area contributed by atoms with Gasteiger partial charge in [0, 0.05) is 12.1 Å². The zero-order valence-corrected chi connectivity index (χ0v) is 12.3. The van der Waals surface area contributed by atoms with Gasteiger partial charge >= 0.3 is 0 Å². The van der Waals surface area contributed by atoms with Crippen LogP contribution in [0.3, 0.4) is 0 Å². The minimum absolute atomic E-state index is 0.250. The Morgan fingerprint density at radius 3 is 1.94 bits per heavy atom. The maximum absolute atomic E-state index is 6.01. The van der Waals surface area contributed by atoms with Gasteiger partial charge in [-0.05, 0) is 37.1 Å². The first-order chi connectivity index (χ1) is 8.01. The Labute approximate surface area is 108 Å². The second kappa shape index (κ2) is 6.75. The van der Waals surface area contributed by atoms with Crippen molar-refractivity contribution in [2.24, 2.45) is 23.5 Å². The first kappa shape index (κ1) is 15.0. The fourth-order valence-electron chi connectivity index (χ4n) is 3.26. The topological polar surface area (TPSA) is 38.0 Å². The van der Waals surface area contributed by atoms with Crippen LogP contribution in [0, 0.1) is 17.8 Å². The van der Waals surface area contributed by atoms with Crippen molar-refractivity contribution in [1.29, 1.82) is 0 Å². The van der Waals surface area contributed by atoms with Crippen LogP contribution in [0.4, 0.5) is 0 Å². The quantitative estimate of drug-likeness (QED) is 0.748. The summed E-state index contributed by atoms with van der Waals surface area (Å²) in [5, 5.41) is 3.82. The van der Waals surface area contributed by atoms with Gasteiger partial charge in [-0.1, -0.05) is 47.0 Å². The summed E-state index contributed by atoms with van der Waals surface area (Å²) in [6.07, 6.45) is 6.62. The molecule has 0 heterocycles. The van der Waals surface area contributed by atoms with E-state index < -0.39 is 0 Å². The molecule has 102 valence electrons. The van der Waals surface area contributed by atoms with Gasteiger partial charge in [-0.3, -0.25) is 0 Å². The third kappa shape index (κ3) is 4.26. The van der Waals surface area contributed by atoms with E-state index in [9.17, 15) is 0 Å². The normalized spacial score (nSPS) is 20.5. The van der Waals surface area contributed by atoms with Gasteiger partial charge in [0.1, 0.15) is 0 Å². The van der Waals surface area contributed by atoms with Crippen LogP contribution in [0.2, 0.25) is 0 Å². The van der Waals surface area contributed by atoms with Crippen molar-refractivity contribution < 1.29 is 0 Å². The molecule has 1 fully saturated rings. The lowest BCUT2D eigenvalue weighted by Gasteiger charge is -2.39. The van der Waals surface area contributed by atoms with Crippen LogP contribution in [-0.4, -0.2) is 18.6 Å². The van der Waals surface area contributed by atoms with Gasteiger partial charge in [0.05, 0.1) is 0 Å². The Bertz CT molecular complexity index is 197. The van der Waals surface area contributed by atoms with E-state index in [1.54, 1.807) is 0 Å². The Morgan fingerprint density at radius 1 is 1.00 bits per heavy atom. The molecular weight excluding hydrogens is 208 g/mol. The largest absolute Gasteiger partial charge is 0.329 e. The number of hydrogen-bond acceptors (Lipinski definition) is 2. The highest BCUT2D eigenvalue weighted by molar-refractivity contribution is 4.92. The molecule has 0 atom stereocenters. The predicted molar refractivity (Wildman–Crippen MR) is 76.0 cm³/mol. The van der Waals surface area contributed by atoms with Crippen LogP contribution in [-0.2, 0) is 0 Å². The molecule has 1 saturated carbocycles. The van der Waals surface area contributed by atoms with E-state index in [2.05, 4.69) is 33.0 Å². The number of hydrogen-bond donors (Lipinski definition) is 2. The predicted octanol–water partition coefficient (Wildman–Crippen LogP) is 3.17. The Kier molecular flexibility index (Phi) is 5.94. The molecule has 1 aliphatic carbocycles. The van der Waals surface area contributed by atoms with Gasteiger partial charge in [0.15, 0.2) is 0 Å². The molecule has 0 radical (unpaired) electrons. The molecule has 0 unspecified atom stereocenters. The van der Waals surface area contributed by atoms with Crippen molar-refractivity contribution in [2.45, 2.75) is 65.3 Å². The van der Waals surface area contributed by atoms with Crippen molar-refractivity contribution in [1.82, 2.24) is 5.32 Å². The van der Waals surface area contributed by atoms with Crippen molar-refractivity contribution in [2.75, 3.05) is 13.1 Å². The Morgan fingerprint density at radius 2 is 1.53 bits per heavy atom. The summed E-state index contributed by atoms with van der Waals surface area (Å²) < 4.78 is 0. The molecule has 0 bridgehead atoms. The molecule has 0 aromatic carbocycles. The average Bonchev–Trinajstić information content (AvgIpc) is 2.29. The van der Waals surface area contributed by atoms with E-state index in [0.29, 0.717) is 0 Å². The highest BCUT2D eigenvalue weighted by Crippen LogP contribution is 2.28. The van der Waals surface area contributed by atoms with Gasteiger partial charge < -0.3 is 11.1 Å². The van der Waals surface area contributed by atoms with E-state index >= 15 is 0 Å². The molecule has 0 aromatic heterocycles. The van der Waals surface area contributed by atoms with E-state index in [1.807, 2.05) is 0 Å². The minimum atomic E-state index is 0.250. The van der Waals surface area contributed by atoms with Gasteiger partial charge in [-0.15, -0.1) is 0 Å². The van der Waals surface area contributed by atoms with E-state index in [4.69, 9.17) is 5.73 Å². The zero-order valence-electron chi connectivity index (χ0n) is 12.3.